The summed E-state index contributed by atoms with van der Waals surface area (Å²) < 4.78 is 38.3. The fraction of sp³-hybridized carbons (Fsp3) is 0.294. The second kappa shape index (κ2) is 9.26. The van der Waals surface area contributed by atoms with Gasteiger partial charge in [-0.2, -0.15) is 22.7 Å². The molecule has 2 aromatic rings. The molecule has 12 nitrogen and oxygen atoms in total. The number of anilines is 2. The fourth-order valence-corrected chi connectivity index (χ4v) is 3.45. The minimum atomic E-state index is -4.66. The van der Waals surface area contributed by atoms with Gasteiger partial charge < -0.3 is 20.1 Å². The summed E-state index contributed by atoms with van der Waals surface area (Å²) in [5, 5.41) is 0. The van der Waals surface area contributed by atoms with Crippen molar-refractivity contribution in [3.05, 3.63) is 35.9 Å². The maximum atomic E-state index is 13.0. The number of hydrogen-bond acceptors (Lipinski definition) is 8. The van der Waals surface area contributed by atoms with E-state index in [1.165, 1.54) is 43.4 Å². The van der Waals surface area contributed by atoms with Gasteiger partial charge in [-0.05, 0) is 19.1 Å². The van der Waals surface area contributed by atoms with Crippen molar-refractivity contribution in [2.24, 2.45) is 5.73 Å². The smallest absolute Gasteiger partial charge is 0.334 e. The van der Waals surface area contributed by atoms with Gasteiger partial charge in [0.1, 0.15) is 0 Å². The molecule has 0 aliphatic carbocycles. The average molecular weight is 438 g/mol. The number of hydrogen-bond donors (Lipinski definition) is 2. The first-order valence-corrected chi connectivity index (χ1v) is 10.0. The Morgan fingerprint density at radius 3 is 2.20 bits per heavy atom. The first-order valence-electron chi connectivity index (χ1n) is 8.58. The first-order chi connectivity index (χ1) is 14.1. The second-order valence-electron chi connectivity index (χ2n) is 5.82. The Bertz CT molecular complexity index is 1020. The van der Waals surface area contributed by atoms with Gasteiger partial charge in [-0.15, -0.1) is 0 Å². The Morgan fingerprint density at radius 2 is 1.70 bits per heavy atom. The summed E-state index contributed by atoms with van der Waals surface area (Å²) in [6, 6.07) is 5.89. The normalized spacial score (nSPS) is 10.8. The molecule has 0 unspecified atom stereocenters. The Kier molecular flexibility index (Phi) is 7.00. The zero-order valence-electron chi connectivity index (χ0n) is 16.8. The number of ether oxygens (including phenoxy) is 2. The summed E-state index contributed by atoms with van der Waals surface area (Å²) in [5.74, 6) is -0.905. The largest absolute Gasteiger partial charge is 0.481 e. The Morgan fingerprint density at radius 1 is 1.13 bits per heavy atom. The number of benzene rings is 1. The minimum Gasteiger partial charge on any atom is -0.481 e. The summed E-state index contributed by atoms with van der Waals surface area (Å²) in [6.45, 7) is 2.14. The number of rotatable bonds is 8. The predicted molar refractivity (Wildman–Crippen MR) is 108 cm³/mol. The molecule has 0 saturated heterocycles. The van der Waals surface area contributed by atoms with Crippen molar-refractivity contribution < 1.29 is 27.5 Å². The molecule has 0 atom stereocenters. The van der Waals surface area contributed by atoms with Crippen molar-refractivity contribution in [1.29, 1.82) is 0 Å². The van der Waals surface area contributed by atoms with Crippen LogP contribution in [0, 0.1) is 0 Å². The van der Waals surface area contributed by atoms with E-state index in [0.717, 1.165) is 0 Å². The van der Waals surface area contributed by atoms with Crippen LogP contribution in [0.1, 0.15) is 17.3 Å². The minimum absolute atomic E-state index is 0.00870. The van der Waals surface area contributed by atoms with Crippen LogP contribution in [0.5, 0.6) is 11.8 Å². The maximum Gasteiger partial charge on any atom is 0.334 e. The molecule has 0 bridgehead atoms. The number of nitrogens with zero attached hydrogens (tertiary/aromatic N) is 4. The summed E-state index contributed by atoms with van der Waals surface area (Å²) in [7, 11) is -0.466. The third kappa shape index (κ3) is 4.86. The molecular weight excluding hydrogens is 416 g/mol. The number of carbonyl (C=O) groups excluding carboxylic acids is 2. The van der Waals surface area contributed by atoms with E-state index in [1.807, 2.05) is 0 Å². The number of nitrogens with two attached hydrogens (primary N) is 1. The van der Waals surface area contributed by atoms with Gasteiger partial charge in [0.15, 0.2) is 0 Å². The molecule has 0 saturated carbocycles. The van der Waals surface area contributed by atoms with Crippen molar-refractivity contribution in [2.45, 2.75) is 6.92 Å². The van der Waals surface area contributed by atoms with Gasteiger partial charge in [-0.3, -0.25) is 4.79 Å². The molecule has 1 aromatic heterocycles. The van der Waals surface area contributed by atoms with Crippen LogP contribution in [0.25, 0.3) is 0 Å². The summed E-state index contributed by atoms with van der Waals surface area (Å²) in [5.41, 5.74) is 4.96. The molecule has 30 heavy (non-hydrogen) atoms. The lowest BCUT2D eigenvalue weighted by molar-refractivity contribution is 0.0803. The quantitative estimate of drug-likeness (QED) is 0.608. The van der Waals surface area contributed by atoms with Gasteiger partial charge >= 0.3 is 16.2 Å². The number of carbonyl (C=O) groups is 2. The highest BCUT2D eigenvalue weighted by Crippen LogP contribution is 2.32. The number of methoxy groups -OCH3 is 2. The van der Waals surface area contributed by atoms with Crippen LogP contribution in [0.4, 0.5) is 16.4 Å². The van der Waals surface area contributed by atoms with Crippen molar-refractivity contribution in [3.63, 3.8) is 0 Å². The summed E-state index contributed by atoms with van der Waals surface area (Å²) >= 11 is 0. The monoisotopic (exact) mass is 438 g/mol. The van der Waals surface area contributed by atoms with Crippen LogP contribution in [0.3, 0.4) is 0 Å². The van der Waals surface area contributed by atoms with Gasteiger partial charge in [0.2, 0.25) is 11.8 Å². The molecule has 0 fully saturated rings. The highest BCUT2D eigenvalue weighted by Gasteiger charge is 2.32. The Balaban J connectivity index is 2.81. The average Bonchev–Trinajstić information content (AvgIpc) is 2.71. The number of urea groups is 1. The fourth-order valence-electron chi connectivity index (χ4n) is 2.39. The Hall–Kier alpha value is -3.61. The van der Waals surface area contributed by atoms with Crippen LogP contribution in [0.2, 0.25) is 0 Å². The highest BCUT2D eigenvalue weighted by molar-refractivity contribution is 7.91. The molecule has 3 N–H and O–H groups in total. The van der Waals surface area contributed by atoms with Crippen molar-refractivity contribution in [1.82, 2.24) is 19.6 Å². The Labute approximate surface area is 173 Å². The number of amides is 3. The van der Waals surface area contributed by atoms with E-state index in [1.54, 1.807) is 24.8 Å². The van der Waals surface area contributed by atoms with E-state index in [0.29, 0.717) is 10.8 Å². The molecule has 0 aliphatic rings. The lowest BCUT2D eigenvalue weighted by atomic mass is 10.1. The predicted octanol–water partition coefficient (Wildman–Crippen LogP) is 0.637. The molecule has 1 aromatic carbocycles. The number of aromatic nitrogens is 2. The number of para-hydroxylation sites is 1. The van der Waals surface area contributed by atoms with Gasteiger partial charge in [0.05, 0.1) is 31.5 Å². The van der Waals surface area contributed by atoms with E-state index in [9.17, 15) is 18.0 Å². The lowest BCUT2D eigenvalue weighted by Gasteiger charge is -2.25. The van der Waals surface area contributed by atoms with Crippen LogP contribution in [-0.4, -0.2) is 63.0 Å². The molecule has 3 amide bonds. The molecule has 0 radical (unpaired) electrons. The number of nitrogens with one attached hydrogen (secondary N) is 1. The van der Waals surface area contributed by atoms with E-state index in [-0.39, 0.29) is 23.0 Å². The maximum absolute atomic E-state index is 13.0. The molecule has 0 spiro atoms. The van der Waals surface area contributed by atoms with Gasteiger partial charge in [0.25, 0.3) is 11.9 Å². The summed E-state index contributed by atoms with van der Waals surface area (Å²) in [4.78, 5) is 33.6. The highest BCUT2D eigenvalue weighted by atomic mass is 32.2. The molecular formula is C17H22N6O6S. The van der Waals surface area contributed by atoms with Crippen LogP contribution >= 0.6 is 0 Å². The molecule has 1 heterocycles. The zero-order valence-corrected chi connectivity index (χ0v) is 17.6. The van der Waals surface area contributed by atoms with Gasteiger partial charge in [-0.25, -0.2) is 9.52 Å². The topological polar surface area (TPSA) is 157 Å². The van der Waals surface area contributed by atoms with Crippen molar-refractivity contribution >= 4 is 33.8 Å². The third-order valence-electron chi connectivity index (χ3n) is 3.91. The molecule has 0 aliphatic heterocycles. The standard InChI is InChI=1S/C17H22N6O6S/c1-5-22(2)15(24)11-8-6-7-9-12(11)23(30(26,27)21-16(18)25)17-19-13(28-3)10-14(20-17)29-4/h6-10H,5H2,1-4H3,(H3,18,21,25). The van der Waals surface area contributed by atoms with E-state index in [4.69, 9.17) is 15.2 Å². The van der Waals surface area contributed by atoms with Crippen molar-refractivity contribution in [2.75, 3.05) is 32.1 Å². The van der Waals surface area contributed by atoms with Crippen LogP contribution in [-0.2, 0) is 10.2 Å². The second-order valence-corrected chi connectivity index (χ2v) is 7.34. The number of primary amides is 1. The van der Waals surface area contributed by atoms with E-state index < -0.39 is 28.1 Å². The van der Waals surface area contributed by atoms with E-state index >= 15 is 0 Å². The van der Waals surface area contributed by atoms with E-state index in [2.05, 4.69) is 9.97 Å². The van der Waals surface area contributed by atoms with Gasteiger partial charge in [0, 0.05) is 13.6 Å². The van der Waals surface area contributed by atoms with Crippen LogP contribution in [0.15, 0.2) is 30.3 Å². The van der Waals surface area contributed by atoms with Crippen molar-refractivity contribution in [3.8, 4) is 11.8 Å². The van der Waals surface area contributed by atoms with Gasteiger partial charge in [-0.1, -0.05) is 12.1 Å². The third-order valence-corrected chi connectivity index (χ3v) is 5.21. The molecule has 162 valence electrons. The lowest BCUT2D eigenvalue weighted by Crippen LogP contribution is -2.45. The molecule has 2 rings (SSSR count). The molecule has 13 heteroatoms. The first kappa shape index (κ1) is 22.7. The zero-order chi connectivity index (χ0) is 22.5. The summed E-state index contributed by atoms with van der Waals surface area (Å²) in [6.07, 6.45) is 0. The van der Waals surface area contributed by atoms with Crippen LogP contribution < -0.4 is 24.2 Å². The SMILES string of the molecule is CCN(C)C(=O)c1ccccc1N(c1nc(OC)cc(OC)n1)S(=O)(=O)NC(N)=O.